The van der Waals surface area contributed by atoms with Crippen LogP contribution in [0.25, 0.3) is 0 Å². The highest BCUT2D eigenvalue weighted by Gasteiger charge is 2.37. The van der Waals surface area contributed by atoms with Gasteiger partial charge in [-0.3, -0.25) is 0 Å². The minimum absolute atomic E-state index is 0.313. The molecule has 0 amide bonds. The van der Waals surface area contributed by atoms with Crippen molar-refractivity contribution in [2.24, 2.45) is 4.99 Å². The number of aliphatic imine (C=N–C) groups is 1. The molecule has 154 valence electrons. The van der Waals surface area contributed by atoms with Crippen molar-refractivity contribution in [3.63, 3.8) is 0 Å². The lowest BCUT2D eigenvalue weighted by atomic mass is 9.94. The first-order chi connectivity index (χ1) is 14.6. The third-order valence-electron chi connectivity index (χ3n) is 4.81. The zero-order valence-electron chi connectivity index (χ0n) is 16.7. The third kappa shape index (κ3) is 4.25. The summed E-state index contributed by atoms with van der Waals surface area (Å²) >= 11 is 7.48. The van der Waals surface area contributed by atoms with Gasteiger partial charge in [0.2, 0.25) is 0 Å². The Kier molecular flexibility index (Phi) is 6.16. The third-order valence-corrected chi connectivity index (χ3v) is 5.83. The number of nitrogens with zero attached hydrogens (tertiary/aromatic N) is 2. The van der Waals surface area contributed by atoms with Crippen LogP contribution in [-0.2, 0) is 16.1 Å². The van der Waals surface area contributed by atoms with Crippen molar-refractivity contribution < 1.29 is 14.3 Å². The molecule has 0 saturated heterocycles. The Morgan fingerprint density at radius 1 is 1.23 bits per heavy atom. The highest BCUT2D eigenvalue weighted by molar-refractivity contribution is 8.16. The Bertz CT molecular complexity index is 1050. The van der Waals surface area contributed by atoms with Crippen LogP contribution in [0.1, 0.15) is 31.0 Å². The summed E-state index contributed by atoms with van der Waals surface area (Å²) in [5, 5.41) is 3.51. The Labute approximate surface area is 185 Å². The van der Waals surface area contributed by atoms with E-state index in [1.54, 1.807) is 6.92 Å². The number of rotatable bonds is 6. The van der Waals surface area contributed by atoms with E-state index in [4.69, 9.17) is 21.1 Å². The van der Waals surface area contributed by atoms with Crippen LogP contribution >= 0.6 is 23.4 Å². The van der Waals surface area contributed by atoms with Gasteiger partial charge in [0.25, 0.3) is 0 Å². The molecule has 1 atom stereocenters. The quantitative estimate of drug-likeness (QED) is 0.540. The second-order valence-electron chi connectivity index (χ2n) is 6.81. The van der Waals surface area contributed by atoms with Crippen LogP contribution in [0.15, 0.2) is 76.4 Å². The largest absolute Gasteiger partial charge is 0.489 e. The fourth-order valence-electron chi connectivity index (χ4n) is 3.42. The number of fused-ring (bicyclic) bond motifs is 1. The molecule has 0 bridgehead atoms. The zero-order valence-corrected chi connectivity index (χ0v) is 18.2. The Balaban J connectivity index is 1.63. The van der Waals surface area contributed by atoms with E-state index in [9.17, 15) is 4.79 Å². The number of halogens is 1. The van der Waals surface area contributed by atoms with Gasteiger partial charge in [-0.1, -0.05) is 47.6 Å². The van der Waals surface area contributed by atoms with Crippen molar-refractivity contribution in [3.8, 4) is 5.75 Å². The Hall–Kier alpha value is -2.70. The molecular formula is C23H21ClN2O3S. The first-order valence-electron chi connectivity index (χ1n) is 9.62. The minimum atomic E-state index is -0.347. The van der Waals surface area contributed by atoms with Gasteiger partial charge in [-0.05, 0) is 54.6 Å². The van der Waals surface area contributed by atoms with Gasteiger partial charge in [0.1, 0.15) is 12.4 Å². The smallest absolute Gasteiger partial charge is 0.338 e. The second-order valence-corrected chi connectivity index (χ2v) is 8.12. The number of amidine groups is 1. The molecule has 0 unspecified atom stereocenters. The van der Waals surface area contributed by atoms with E-state index in [1.165, 1.54) is 11.8 Å². The molecule has 0 N–H and O–H groups in total. The first-order valence-corrected chi connectivity index (χ1v) is 10.9. The van der Waals surface area contributed by atoms with Gasteiger partial charge in [0, 0.05) is 11.2 Å². The van der Waals surface area contributed by atoms with E-state index in [1.807, 2.05) is 72.0 Å². The topological polar surface area (TPSA) is 51.1 Å². The van der Waals surface area contributed by atoms with Crippen LogP contribution in [-0.4, -0.2) is 22.6 Å². The molecule has 2 heterocycles. The number of benzene rings is 2. The Morgan fingerprint density at radius 3 is 2.80 bits per heavy atom. The maximum absolute atomic E-state index is 12.8. The number of ether oxygens (including phenoxy) is 2. The van der Waals surface area contributed by atoms with E-state index < -0.39 is 0 Å². The fraction of sp³-hybridized carbons (Fsp3) is 0.217. The summed E-state index contributed by atoms with van der Waals surface area (Å²) in [6.07, 6.45) is 1.95. The molecule has 0 saturated carbocycles. The van der Waals surface area contributed by atoms with Crippen LogP contribution < -0.4 is 4.74 Å². The van der Waals surface area contributed by atoms with Crippen LogP contribution in [0.4, 0.5) is 0 Å². The molecular weight excluding hydrogens is 420 g/mol. The van der Waals surface area contributed by atoms with Crippen molar-refractivity contribution in [2.45, 2.75) is 26.5 Å². The van der Waals surface area contributed by atoms with Crippen molar-refractivity contribution in [3.05, 3.63) is 87.6 Å². The monoisotopic (exact) mass is 440 g/mol. The summed E-state index contributed by atoms with van der Waals surface area (Å²) in [4.78, 5) is 19.3. The molecule has 2 aliphatic heterocycles. The number of carbonyl (C=O) groups excluding carboxylic acids is 1. The molecule has 2 aliphatic rings. The van der Waals surface area contributed by atoms with Crippen LogP contribution in [0.2, 0.25) is 5.02 Å². The summed E-state index contributed by atoms with van der Waals surface area (Å²) in [7, 11) is 0. The molecule has 0 radical (unpaired) electrons. The molecule has 0 spiro atoms. The van der Waals surface area contributed by atoms with Crippen LogP contribution in [0.5, 0.6) is 5.75 Å². The van der Waals surface area contributed by atoms with Gasteiger partial charge in [-0.15, -0.1) is 0 Å². The maximum Gasteiger partial charge on any atom is 0.338 e. The van der Waals surface area contributed by atoms with Gasteiger partial charge in [-0.25, -0.2) is 9.79 Å². The van der Waals surface area contributed by atoms with Gasteiger partial charge >= 0.3 is 5.97 Å². The summed E-state index contributed by atoms with van der Waals surface area (Å²) in [6, 6.07) is 15.0. The number of hydrogen-bond donors (Lipinski definition) is 0. The lowest BCUT2D eigenvalue weighted by molar-refractivity contribution is -0.139. The molecule has 4 rings (SSSR count). The van der Waals surface area contributed by atoms with Gasteiger partial charge in [-0.2, -0.15) is 0 Å². The van der Waals surface area contributed by atoms with E-state index in [0.717, 1.165) is 22.0 Å². The van der Waals surface area contributed by atoms with Gasteiger partial charge in [0.15, 0.2) is 5.17 Å². The van der Waals surface area contributed by atoms with E-state index in [2.05, 4.69) is 4.99 Å². The number of esters is 1. The lowest BCUT2D eigenvalue weighted by Gasteiger charge is -2.33. The first kappa shape index (κ1) is 20.6. The van der Waals surface area contributed by atoms with Gasteiger partial charge in [0.05, 0.1) is 23.9 Å². The maximum atomic E-state index is 12.8. The van der Waals surface area contributed by atoms with Gasteiger partial charge < -0.3 is 14.4 Å². The minimum Gasteiger partial charge on any atom is -0.489 e. The molecule has 5 nitrogen and oxygen atoms in total. The molecule has 7 heteroatoms. The Morgan fingerprint density at radius 2 is 2.03 bits per heavy atom. The lowest BCUT2D eigenvalue weighted by Crippen LogP contribution is -2.34. The van der Waals surface area contributed by atoms with Crippen LogP contribution in [0.3, 0.4) is 0 Å². The normalized spacial score (nSPS) is 17.6. The summed E-state index contributed by atoms with van der Waals surface area (Å²) in [6.45, 7) is 4.39. The molecule has 0 aromatic heterocycles. The summed E-state index contributed by atoms with van der Waals surface area (Å²) < 4.78 is 11.3. The number of thioether (sulfide) groups is 1. The SMILES string of the molecule is CCOC(=O)C1=C(C)N=C2SC=CN2[C@H]1c1cccc(OCc2ccc(Cl)cc2)c1. The average Bonchev–Trinajstić information content (AvgIpc) is 3.20. The van der Waals surface area contributed by atoms with E-state index in [-0.39, 0.29) is 12.0 Å². The standard InChI is InChI=1S/C23H21ClN2O3S/c1-3-28-22(27)20-15(2)25-23-26(11-12-30-23)21(20)17-5-4-6-19(13-17)29-14-16-7-9-18(24)10-8-16/h4-13,21H,3,14H2,1-2H3/t21-/m0/s1. The highest BCUT2D eigenvalue weighted by Crippen LogP contribution is 2.41. The van der Waals surface area contributed by atoms with E-state index >= 15 is 0 Å². The molecule has 2 aromatic rings. The van der Waals surface area contributed by atoms with Crippen molar-refractivity contribution in [1.82, 2.24) is 4.90 Å². The predicted molar refractivity (Wildman–Crippen MR) is 120 cm³/mol. The zero-order chi connectivity index (χ0) is 21.1. The van der Waals surface area contributed by atoms with Crippen molar-refractivity contribution in [2.75, 3.05) is 6.61 Å². The fourth-order valence-corrected chi connectivity index (χ4v) is 4.34. The summed E-state index contributed by atoms with van der Waals surface area (Å²) in [5.41, 5.74) is 3.18. The number of carbonyl (C=O) groups is 1. The highest BCUT2D eigenvalue weighted by atomic mass is 35.5. The molecule has 0 aliphatic carbocycles. The van der Waals surface area contributed by atoms with Crippen molar-refractivity contribution >= 4 is 34.5 Å². The summed E-state index contributed by atoms with van der Waals surface area (Å²) in [5.74, 6) is 0.379. The van der Waals surface area contributed by atoms with Crippen molar-refractivity contribution in [1.29, 1.82) is 0 Å². The van der Waals surface area contributed by atoms with Crippen LogP contribution in [0, 0.1) is 0 Å². The predicted octanol–water partition coefficient (Wildman–Crippen LogP) is 5.69. The molecule has 30 heavy (non-hydrogen) atoms. The van der Waals surface area contributed by atoms with E-state index in [0.29, 0.717) is 29.5 Å². The average molecular weight is 441 g/mol. The number of hydrogen-bond acceptors (Lipinski definition) is 6. The second kappa shape index (κ2) is 8.98. The molecule has 2 aromatic carbocycles. The number of allylic oxidation sites excluding steroid dienone is 1. The molecule has 0 fully saturated rings.